The van der Waals surface area contributed by atoms with E-state index in [1.54, 1.807) is 19.9 Å². The molecule has 0 aromatic heterocycles. The lowest BCUT2D eigenvalue weighted by atomic mass is 9.79. The van der Waals surface area contributed by atoms with E-state index >= 15 is 0 Å². The Morgan fingerprint density at radius 1 is 1.57 bits per heavy atom. The number of nitro benzene ring substituents is 1. The molecular weight excluding hydrogens is 296 g/mol. The first-order valence-corrected chi connectivity index (χ1v) is 6.33. The van der Waals surface area contributed by atoms with E-state index in [1.807, 2.05) is 0 Å². The van der Waals surface area contributed by atoms with Gasteiger partial charge in [0.1, 0.15) is 17.9 Å². The monoisotopic (exact) mass is 308 g/mol. The molecule has 0 fully saturated rings. The molecule has 0 aliphatic heterocycles. The third-order valence-corrected chi connectivity index (χ3v) is 3.22. The predicted molar refractivity (Wildman–Crippen MR) is 76.9 cm³/mol. The van der Waals surface area contributed by atoms with E-state index in [2.05, 4.69) is 0 Å². The highest BCUT2D eigenvalue weighted by atomic mass is 35.5. The van der Waals surface area contributed by atoms with Crippen molar-refractivity contribution in [1.82, 2.24) is 0 Å². The highest BCUT2D eigenvalue weighted by Crippen LogP contribution is 2.32. The van der Waals surface area contributed by atoms with Gasteiger partial charge >= 0.3 is 0 Å². The Morgan fingerprint density at radius 3 is 2.67 bits per heavy atom. The van der Waals surface area contributed by atoms with Crippen LogP contribution in [0.4, 0.5) is 5.69 Å². The molecule has 21 heavy (non-hydrogen) atoms. The molecule has 1 N–H and O–H groups in total. The van der Waals surface area contributed by atoms with Gasteiger partial charge in [-0.3, -0.25) is 14.9 Å². The van der Waals surface area contributed by atoms with Gasteiger partial charge in [-0.2, -0.15) is 5.26 Å². The number of hydrogen-bond donors (Lipinski definition) is 1. The second-order valence-corrected chi connectivity index (χ2v) is 5.51. The van der Waals surface area contributed by atoms with Gasteiger partial charge in [0, 0.05) is 22.1 Å². The van der Waals surface area contributed by atoms with Crippen molar-refractivity contribution in [3.63, 3.8) is 0 Å². The van der Waals surface area contributed by atoms with Crippen LogP contribution in [0.3, 0.4) is 0 Å². The Kier molecular flexibility index (Phi) is 5.06. The van der Waals surface area contributed by atoms with Crippen molar-refractivity contribution >= 4 is 23.1 Å². The SMILES string of the molecule is CC(C)(Cc1ccc(Cl)cc1[N+](=O)[O-])C(=O)C(C#N)=CO. The van der Waals surface area contributed by atoms with Gasteiger partial charge < -0.3 is 5.11 Å². The van der Waals surface area contributed by atoms with E-state index in [0.717, 1.165) is 0 Å². The highest BCUT2D eigenvalue weighted by Gasteiger charge is 2.33. The molecule has 7 heteroatoms. The quantitative estimate of drug-likeness (QED) is 0.295. The lowest BCUT2D eigenvalue weighted by molar-refractivity contribution is -0.385. The molecule has 0 radical (unpaired) electrons. The minimum Gasteiger partial charge on any atom is -0.514 e. The molecule has 0 spiro atoms. The van der Waals surface area contributed by atoms with Crippen molar-refractivity contribution in [3.8, 4) is 6.07 Å². The first-order chi connectivity index (χ1) is 9.72. The number of carbonyl (C=O) groups is 1. The summed E-state index contributed by atoms with van der Waals surface area (Å²) in [6.07, 6.45) is 0.485. The van der Waals surface area contributed by atoms with Crippen LogP contribution in [0.25, 0.3) is 0 Å². The summed E-state index contributed by atoms with van der Waals surface area (Å²) in [5, 5.41) is 28.9. The number of nitriles is 1. The average Bonchev–Trinajstić information content (AvgIpc) is 2.41. The number of nitro groups is 1. The summed E-state index contributed by atoms with van der Waals surface area (Å²) in [6, 6.07) is 5.78. The van der Waals surface area contributed by atoms with Crippen LogP contribution in [0.2, 0.25) is 5.02 Å². The van der Waals surface area contributed by atoms with Gasteiger partial charge in [-0.1, -0.05) is 31.5 Å². The van der Waals surface area contributed by atoms with Crippen molar-refractivity contribution in [3.05, 3.63) is 50.7 Å². The summed E-state index contributed by atoms with van der Waals surface area (Å²) < 4.78 is 0. The van der Waals surface area contributed by atoms with E-state index in [4.69, 9.17) is 22.0 Å². The first-order valence-electron chi connectivity index (χ1n) is 5.95. The molecule has 0 bridgehead atoms. The zero-order chi connectivity index (χ0) is 16.2. The first kappa shape index (κ1) is 16.7. The Balaban J connectivity index is 3.19. The minimum atomic E-state index is -1.08. The standard InChI is InChI=1S/C14H13ClN2O4/c1-14(2,13(19)10(7-16)8-18)6-9-3-4-11(15)5-12(9)17(20)21/h3-5,8,18H,6H2,1-2H3. The molecule has 0 saturated heterocycles. The Bertz CT molecular complexity index is 659. The van der Waals surface area contributed by atoms with Gasteiger partial charge in [0.2, 0.25) is 0 Å². The number of carbonyl (C=O) groups excluding carboxylic acids is 1. The molecular formula is C14H13ClN2O4. The van der Waals surface area contributed by atoms with Gasteiger partial charge in [0.15, 0.2) is 5.78 Å². The number of hydrogen-bond acceptors (Lipinski definition) is 5. The molecule has 0 aliphatic carbocycles. The Labute approximate surface area is 126 Å². The van der Waals surface area contributed by atoms with E-state index in [1.165, 1.54) is 18.2 Å². The number of nitrogens with zero attached hydrogens (tertiary/aromatic N) is 2. The van der Waals surface area contributed by atoms with E-state index in [9.17, 15) is 14.9 Å². The van der Waals surface area contributed by atoms with E-state index in [-0.39, 0.29) is 17.1 Å². The molecule has 110 valence electrons. The zero-order valence-electron chi connectivity index (χ0n) is 11.5. The normalized spacial score (nSPS) is 11.8. The van der Waals surface area contributed by atoms with Crippen LogP contribution in [0.5, 0.6) is 0 Å². The third kappa shape index (κ3) is 3.80. The smallest absolute Gasteiger partial charge is 0.274 e. The molecule has 0 amide bonds. The van der Waals surface area contributed by atoms with Crippen LogP contribution >= 0.6 is 11.6 Å². The summed E-state index contributed by atoms with van der Waals surface area (Å²) in [5.74, 6) is -0.586. The zero-order valence-corrected chi connectivity index (χ0v) is 12.2. The second kappa shape index (κ2) is 6.37. The van der Waals surface area contributed by atoms with Crippen molar-refractivity contribution in [2.24, 2.45) is 5.41 Å². The summed E-state index contributed by atoms with van der Waals surface area (Å²) in [7, 11) is 0. The topological polar surface area (TPSA) is 104 Å². The third-order valence-electron chi connectivity index (χ3n) is 2.99. The fourth-order valence-electron chi connectivity index (χ4n) is 1.92. The minimum absolute atomic E-state index is 0.0400. The van der Waals surface area contributed by atoms with Gasteiger partial charge in [-0.05, 0) is 12.5 Å². The summed E-state index contributed by atoms with van der Waals surface area (Å²) in [6.45, 7) is 3.10. The fourth-order valence-corrected chi connectivity index (χ4v) is 2.08. The van der Waals surface area contributed by atoms with Crippen LogP contribution in [0, 0.1) is 26.9 Å². The van der Waals surface area contributed by atoms with E-state index < -0.39 is 21.7 Å². The number of benzene rings is 1. The molecule has 1 aromatic carbocycles. The predicted octanol–water partition coefficient (Wildman–Crippen LogP) is 3.35. The van der Waals surface area contributed by atoms with Crippen molar-refractivity contribution in [2.45, 2.75) is 20.3 Å². The van der Waals surface area contributed by atoms with Gasteiger partial charge in [-0.15, -0.1) is 0 Å². The summed E-state index contributed by atoms with van der Waals surface area (Å²) >= 11 is 5.73. The number of rotatable bonds is 5. The number of aliphatic hydroxyl groups excluding tert-OH is 1. The molecule has 6 nitrogen and oxygen atoms in total. The molecule has 0 aliphatic rings. The largest absolute Gasteiger partial charge is 0.514 e. The number of halogens is 1. The maximum atomic E-state index is 12.1. The molecule has 0 heterocycles. The van der Waals surface area contributed by atoms with Gasteiger partial charge in [0.05, 0.1) is 4.92 Å². The highest BCUT2D eigenvalue weighted by molar-refractivity contribution is 6.30. The second-order valence-electron chi connectivity index (χ2n) is 5.07. The van der Waals surface area contributed by atoms with Crippen LogP contribution in [0.15, 0.2) is 30.0 Å². The van der Waals surface area contributed by atoms with Crippen LogP contribution in [-0.4, -0.2) is 15.8 Å². The van der Waals surface area contributed by atoms with Gasteiger partial charge in [-0.25, -0.2) is 0 Å². The van der Waals surface area contributed by atoms with Crippen molar-refractivity contribution < 1.29 is 14.8 Å². The van der Waals surface area contributed by atoms with Crippen molar-refractivity contribution in [1.29, 1.82) is 5.26 Å². The van der Waals surface area contributed by atoms with Crippen LogP contribution < -0.4 is 0 Å². The summed E-state index contributed by atoms with van der Waals surface area (Å²) in [4.78, 5) is 22.6. The molecule has 0 unspecified atom stereocenters. The fraction of sp³-hybridized carbons (Fsp3) is 0.286. The Hall–Kier alpha value is -2.39. The maximum Gasteiger partial charge on any atom is 0.274 e. The molecule has 0 atom stereocenters. The Morgan fingerprint density at radius 2 is 2.19 bits per heavy atom. The number of Topliss-reactive ketones (excluding diaryl/α,β-unsaturated/α-hetero) is 1. The molecule has 1 aromatic rings. The lowest BCUT2D eigenvalue weighted by Gasteiger charge is -2.22. The van der Waals surface area contributed by atoms with E-state index in [0.29, 0.717) is 11.8 Å². The number of ketones is 1. The van der Waals surface area contributed by atoms with Crippen LogP contribution in [-0.2, 0) is 11.2 Å². The maximum absolute atomic E-state index is 12.1. The number of allylic oxidation sites excluding steroid dienone is 1. The van der Waals surface area contributed by atoms with Crippen LogP contribution in [0.1, 0.15) is 19.4 Å². The summed E-state index contributed by atoms with van der Waals surface area (Å²) in [5.41, 5.74) is -1.33. The lowest BCUT2D eigenvalue weighted by Crippen LogP contribution is -2.28. The van der Waals surface area contributed by atoms with Gasteiger partial charge in [0.25, 0.3) is 5.69 Å². The number of aliphatic hydroxyl groups is 1. The average molecular weight is 309 g/mol. The van der Waals surface area contributed by atoms with Crippen molar-refractivity contribution in [2.75, 3.05) is 0 Å². The molecule has 1 rings (SSSR count). The molecule has 0 saturated carbocycles.